The Labute approximate surface area is 133 Å². The molecular formula is C13H14BrF3N2O3. The molecule has 0 aliphatic heterocycles. The first-order chi connectivity index (χ1) is 10.2. The summed E-state index contributed by atoms with van der Waals surface area (Å²) in [6.07, 6.45) is -4.65. The van der Waals surface area contributed by atoms with Crippen molar-refractivity contribution < 1.29 is 27.5 Å². The van der Waals surface area contributed by atoms with Gasteiger partial charge in [-0.15, -0.1) is 0 Å². The van der Waals surface area contributed by atoms with Crippen LogP contribution in [0.15, 0.2) is 22.7 Å². The minimum Gasteiger partial charge on any atom is -0.372 e. The van der Waals surface area contributed by atoms with Gasteiger partial charge in [0.15, 0.2) is 0 Å². The van der Waals surface area contributed by atoms with Gasteiger partial charge in [-0.3, -0.25) is 9.59 Å². The Kier molecular flexibility index (Phi) is 6.82. The number of benzene rings is 1. The van der Waals surface area contributed by atoms with Crippen LogP contribution in [0.1, 0.15) is 13.3 Å². The third-order valence-electron chi connectivity index (χ3n) is 2.31. The van der Waals surface area contributed by atoms with E-state index in [1.807, 2.05) is 0 Å². The Morgan fingerprint density at radius 1 is 1.23 bits per heavy atom. The maximum Gasteiger partial charge on any atom is 0.411 e. The molecule has 2 amide bonds. The van der Waals surface area contributed by atoms with Gasteiger partial charge in [-0.1, -0.05) is 15.9 Å². The number of carbonyl (C=O) groups is 2. The van der Waals surface area contributed by atoms with Crippen molar-refractivity contribution in [2.75, 3.05) is 23.8 Å². The molecule has 9 heteroatoms. The number of alkyl halides is 3. The molecule has 122 valence electrons. The summed E-state index contributed by atoms with van der Waals surface area (Å²) in [7, 11) is 0. The van der Waals surface area contributed by atoms with E-state index in [4.69, 9.17) is 0 Å². The predicted octanol–water partition coefficient (Wildman–Crippen LogP) is 3.32. The van der Waals surface area contributed by atoms with E-state index in [0.717, 1.165) is 0 Å². The third kappa shape index (κ3) is 7.41. The maximum atomic E-state index is 11.9. The van der Waals surface area contributed by atoms with Crippen LogP contribution in [0.5, 0.6) is 0 Å². The van der Waals surface area contributed by atoms with E-state index in [1.165, 1.54) is 6.92 Å². The molecule has 0 heterocycles. The number of halogens is 4. The van der Waals surface area contributed by atoms with E-state index >= 15 is 0 Å². The Bertz CT molecular complexity index is 550. The average Bonchev–Trinajstić information content (AvgIpc) is 2.36. The Morgan fingerprint density at radius 2 is 1.91 bits per heavy atom. The Hall–Kier alpha value is -1.61. The van der Waals surface area contributed by atoms with E-state index in [9.17, 15) is 22.8 Å². The first kappa shape index (κ1) is 18.4. The van der Waals surface area contributed by atoms with Crippen LogP contribution < -0.4 is 10.6 Å². The van der Waals surface area contributed by atoms with Crippen molar-refractivity contribution in [2.24, 2.45) is 0 Å². The molecule has 0 aromatic heterocycles. The van der Waals surface area contributed by atoms with Crippen molar-refractivity contribution in [3.63, 3.8) is 0 Å². The van der Waals surface area contributed by atoms with Gasteiger partial charge in [0.05, 0.1) is 24.4 Å². The molecule has 0 fully saturated rings. The number of carbonyl (C=O) groups excluding carboxylic acids is 2. The summed E-state index contributed by atoms with van der Waals surface area (Å²) in [5.74, 6) is -0.835. The van der Waals surface area contributed by atoms with Crippen molar-refractivity contribution >= 4 is 39.1 Å². The summed E-state index contributed by atoms with van der Waals surface area (Å²) in [6.45, 7) is -0.429. The van der Waals surface area contributed by atoms with E-state index in [-0.39, 0.29) is 18.9 Å². The van der Waals surface area contributed by atoms with Crippen molar-refractivity contribution in [3.05, 3.63) is 22.7 Å². The second-order valence-corrected chi connectivity index (χ2v) is 5.25. The van der Waals surface area contributed by atoms with Gasteiger partial charge in [0.25, 0.3) is 0 Å². The standard InChI is InChI=1S/C13H14BrF3N2O3/c1-8(20)18-10-3-2-9(14)6-11(10)19-12(21)4-5-22-7-13(15,16)17/h2-3,6H,4-5,7H2,1H3,(H,18,20)(H,19,21). The monoisotopic (exact) mass is 382 g/mol. The molecule has 0 atom stereocenters. The quantitative estimate of drug-likeness (QED) is 0.741. The van der Waals surface area contributed by atoms with Crippen molar-refractivity contribution in [2.45, 2.75) is 19.5 Å². The molecule has 22 heavy (non-hydrogen) atoms. The van der Waals surface area contributed by atoms with E-state index < -0.39 is 18.7 Å². The summed E-state index contributed by atoms with van der Waals surface area (Å²) < 4.78 is 40.7. The van der Waals surface area contributed by atoms with Crippen LogP contribution in [0.2, 0.25) is 0 Å². The second-order valence-electron chi connectivity index (χ2n) is 4.34. The lowest BCUT2D eigenvalue weighted by atomic mass is 10.2. The fourth-order valence-electron chi connectivity index (χ4n) is 1.48. The van der Waals surface area contributed by atoms with Crippen LogP contribution in [0, 0.1) is 0 Å². The van der Waals surface area contributed by atoms with Crippen LogP contribution in [0.3, 0.4) is 0 Å². The molecule has 5 nitrogen and oxygen atoms in total. The first-order valence-electron chi connectivity index (χ1n) is 6.19. The predicted molar refractivity (Wildman–Crippen MR) is 78.6 cm³/mol. The highest BCUT2D eigenvalue weighted by Crippen LogP contribution is 2.26. The average molecular weight is 383 g/mol. The van der Waals surface area contributed by atoms with Gasteiger partial charge in [0.2, 0.25) is 11.8 Å². The van der Waals surface area contributed by atoms with Gasteiger partial charge in [0.1, 0.15) is 6.61 Å². The summed E-state index contributed by atoms with van der Waals surface area (Å²) >= 11 is 3.22. The van der Waals surface area contributed by atoms with Gasteiger partial charge in [-0.05, 0) is 18.2 Å². The van der Waals surface area contributed by atoms with Gasteiger partial charge in [0, 0.05) is 11.4 Å². The number of nitrogens with one attached hydrogen (secondary N) is 2. The van der Waals surface area contributed by atoms with Crippen LogP contribution in [0.25, 0.3) is 0 Å². The molecular weight excluding hydrogens is 369 g/mol. The number of amides is 2. The van der Waals surface area contributed by atoms with E-state index in [0.29, 0.717) is 15.8 Å². The summed E-state index contributed by atoms with van der Waals surface area (Å²) in [5, 5.41) is 5.05. The number of hydrogen-bond donors (Lipinski definition) is 2. The van der Waals surface area contributed by atoms with E-state index in [1.54, 1.807) is 18.2 Å². The normalized spacial score (nSPS) is 11.1. The van der Waals surface area contributed by atoms with Crippen molar-refractivity contribution in [3.8, 4) is 0 Å². The zero-order chi connectivity index (χ0) is 16.8. The molecule has 2 N–H and O–H groups in total. The van der Waals surface area contributed by atoms with Gasteiger partial charge in [-0.2, -0.15) is 13.2 Å². The summed E-state index contributed by atoms with van der Waals surface area (Å²) in [6, 6.07) is 4.83. The van der Waals surface area contributed by atoms with Crippen LogP contribution in [-0.4, -0.2) is 31.2 Å². The van der Waals surface area contributed by atoms with Crippen LogP contribution in [0.4, 0.5) is 24.5 Å². The first-order valence-corrected chi connectivity index (χ1v) is 6.98. The SMILES string of the molecule is CC(=O)Nc1ccc(Br)cc1NC(=O)CCOCC(F)(F)F. The highest BCUT2D eigenvalue weighted by atomic mass is 79.9. The largest absolute Gasteiger partial charge is 0.411 e. The molecule has 0 spiro atoms. The molecule has 1 rings (SSSR count). The topological polar surface area (TPSA) is 67.4 Å². The fourth-order valence-corrected chi connectivity index (χ4v) is 1.85. The molecule has 1 aromatic rings. The van der Waals surface area contributed by atoms with Gasteiger partial charge < -0.3 is 15.4 Å². The van der Waals surface area contributed by atoms with Gasteiger partial charge in [-0.25, -0.2) is 0 Å². The molecule has 0 aliphatic carbocycles. The van der Waals surface area contributed by atoms with Crippen LogP contribution in [-0.2, 0) is 14.3 Å². The lowest BCUT2D eigenvalue weighted by Gasteiger charge is -2.12. The summed E-state index contributed by atoms with van der Waals surface area (Å²) in [5.41, 5.74) is 0.727. The summed E-state index contributed by atoms with van der Waals surface area (Å²) in [4.78, 5) is 22.8. The highest BCUT2D eigenvalue weighted by molar-refractivity contribution is 9.10. The minimum atomic E-state index is -4.42. The zero-order valence-corrected chi connectivity index (χ0v) is 13.2. The van der Waals surface area contributed by atoms with Crippen molar-refractivity contribution in [1.82, 2.24) is 0 Å². The Morgan fingerprint density at radius 3 is 2.50 bits per heavy atom. The third-order valence-corrected chi connectivity index (χ3v) is 2.80. The molecule has 0 aliphatic rings. The lowest BCUT2D eigenvalue weighted by molar-refractivity contribution is -0.174. The maximum absolute atomic E-state index is 11.9. The zero-order valence-electron chi connectivity index (χ0n) is 11.6. The molecule has 0 bridgehead atoms. The van der Waals surface area contributed by atoms with Crippen LogP contribution >= 0.6 is 15.9 Å². The number of ether oxygens (including phenoxy) is 1. The van der Waals surface area contributed by atoms with Gasteiger partial charge >= 0.3 is 6.18 Å². The number of hydrogen-bond acceptors (Lipinski definition) is 3. The number of anilines is 2. The highest BCUT2D eigenvalue weighted by Gasteiger charge is 2.27. The number of rotatable bonds is 6. The lowest BCUT2D eigenvalue weighted by Crippen LogP contribution is -2.20. The van der Waals surface area contributed by atoms with Crippen molar-refractivity contribution in [1.29, 1.82) is 0 Å². The Balaban J connectivity index is 2.56. The molecule has 0 radical (unpaired) electrons. The smallest absolute Gasteiger partial charge is 0.372 e. The molecule has 0 unspecified atom stereocenters. The fraction of sp³-hybridized carbons (Fsp3) is 0.385. The molecule has 0 saturated carbocycles. The molecule has 1 aromatic carbocycles. The molecule has 0 saturated heterocycles. The van der Waals surface area contributed by atoms with E-state index in [2.05, 4.69) is 31.3 Å². The second kappa shape index (κ2) is 8.14. The minimum absolute atomic E-state index is 0.234.